The third-order valence-corrected chi connectivity index (χ3v) is 4.49. The summed E-state index contributed by atoms with van der Waals surface area (Å²) in [7, 11) is 2.04. The first-order valence-corrected chi connectivity index (χ1v) is 8.00. The zero-order valence-corrected chi connectivity index (χ0v) is 12.9. The average Bonchev–Trinajstić information content (AvgIpc) is 2.95. The topological polar surface area (TPSA) is 35.6 Å². The molecule has 0 spiro atoms. The molecule has 1 N–H and O–H groups in total. The molecule has 1 saturated heterocycles. The van der Waals surface area contributed by atoms with Crippen LogP contribution in [0.3, 0.4) is 0 Å². The van der Waals surface area contributed by atoms with Gasteiger partial charge in [-0.3, -0.25) is 9.69 Å². The van der Waals surface area contributed by atoms with E-state index in [1.807, 2.05) is 11.9 Å². The van der Waals surface area contributed by atoms with E-state index in [4.69, 9.17) is 0 Å². The molecule has 1 aromatic carbocycles. The molecular weight excluding hydrogens is 262 g/mol. The number of carbonyl (C=O) groups excluding carboxylic acids is 1. The van der Waals surface area contributed by atoms with E-state index in [1.165, 1.54) is 36.0 Å². The van der Waals surface area contributed by atoms with E-state index >= 15 is 0 Å². The fourth-order valence-corrected chi connectivity index (χ4v) is 3.34. The first kappa shape index (κ1) is 14.5. The molecule has 4 heteroatoms. The number of amides is 1. The lowest BCUT2D eigenvalue weighted by atomic mass is 10.1. The van der Waals surface area contributed by atoms with Crippen LogP contribution < -0.4 is 5.32 Å². The molecule has 21 heavy (non-hydrogen) atoms. The number of nitrogens with zero attached hydrogens (tertiary/aromatic N) is 2. The maximum atomic E-state index is 12.2. The van der Waals surface area contributed by atoms with E-state index in [9.17, 15) is 4.79 Å². The van der Waals surface area contributed by atoms with Crippen LogP contribution in [0, 0.1) is 0 Å². The van der Waals surface area contributed by atoms with Gasteiger partial charge >= 0.3 is 0 Å². The van der Waals surface area contributed by atoms with Gasteiger partial charge in [-0.2, -0.15) is 0 Å². The number of likely N-dealkylation sites (N-methyl/N-ethyl adjacent to an activating group) is 1. The Morgan fingerprint density at radius 2 is 2.00 bits per heavy atom. The Morgan fingerprint density at radius 3 is 2.81 bits per heavy atom. The summed E-state index contributed by atoms with van der Waals surface area (Å²) in [5, 5.41) is 3.28. The average molecular weight is 287 g/mol. The van der Waals surface area contributed by atoms with Crippen molar-refractivity contribution in [2.75, 3.05) is 39.8 Å². The van der Waals surface area contributed by atoms with Crippen LogP contribution in [0.2, 0.25) is 0 Å². The van der Waals surface area contributed by atoms with Crippen LogP contribution in [0.15, 0.2) is 18.2 Å². The highest BCUT2D eigenvalue weighted by Crippen LogP contribution is 2.23. The van der Waals surface area contributed by atoms with Crippen molar-refractivity contribution in [1.29, 1.82) is 0 Å². The number of nitrogens with one attached hydrogen (secondary N) is 1. The van der Waals surface area contributed by atoms with E-state index in [0.717, 1.165) is 32.7 Å². The molecular formula is C17H25N3O. The second kappa shape index (κ2) is 6.58. The van der Waals surface area contributed by atoms with E-state index in [1.54, 1.807) is 0 Å². The van der Waals surface area contributed by atoms with Crippen LogP contribution in [0.4, 0.5) is 0 Å². The maximum absolute atomic E-state index is 12.2. The molecule has 0 saturated carbocycles. The summed E-state index contributed by atoms with van der Waals surface area (Å²) in [6.07, 6.45) is 3.73. The molecule has 0 bridgehead atoms. The molecule has 114 valence electrons. The van der Waals surface area contributed by atoms with Gasteiger partial charge in [0.1, 0.15) is 0 Å². The SMILES string of the molecule is CN(CC(=O)N1CCNCC1)Cc1ccc2c(c1)CCC2. The predicted molar refractivity (Wildman–Crippen MR) is 84.3 cm³/mol. The van der Waals surface area contributed by atoms with Crippen LogP contribution in [-0.4, -0.2) is 55.5 Å². The summed E-state index contributed by atoms with van der Waals surface area (Å²) in [4.78, 5) is 16.3. The van der Waals surface area contributed by atoms with Gasteiger partial charge in [-0.15, -0.1) is 0 Å². The van der Waals surface area contributed by atoms with E-state index in [-0.39, 0.29) is 5.91 Å². The molecule has 4 nitrogen and oxygen atoms in total. The molecule has 0 radical (unpaired) electrons. The summed E-state index contributed by atoms with van der Waals surface area (Å²) >= 11 is 0. The lowest BCUT2D eigenvalue weighted by Gasteiger charge is -2.29. The predicted octanol–water partition coefficient (Wildman–Crippen LogP) is 1.04. The van der Waals surface area contributed by atoms with Gasteiger partial charge in [-0.25, -0.2) is 0 Å². The quantitative estimate of drug-likeness (QED) is 0.899. The number of carbonyl (C=O) groups is 1. The third kappa shape index (κ3) is 3.63. The standard InChI is InChI=1S/C17H25N3O/c1-19(13-17(21)20-9-7-18-8-10-20)12-14-5-6-15-3-2-4-16(15)11-14/h5-6,11,18H,2-4,7-10,12-13H2,1H3. The first-order chi connectivity index (χ1) is 10.2. The Bertz CT molecular complexity index is 509. The number of fused-ring (bicyclic) bond motifs is 1. The van der Waals surface area contributed by atoms with Gasteiger partial charge in [-0.05, 0) is 43.0 Å². The molecule has 1 heterocycles. The number of hydrogen-bond acceptors (Lipinski definition) is 3. The fraction of sp³-hybridized carbons (Fsp3) is 0.588. The molecule has 0 aromatic heterocycles. The Balaban J connectivity index is 1.53. The minimum Gasteiger partial charge on any atom is -0.339 e. The second-order valence-electron chi connectivity index (χ2n) is 6.26. The van der Waals surface area contributed by atoms with Gasteiger partial charge in [0.2, 0.25) is 5.91 Å². The van der Waals surface area contributed by atoms with Gasteiger partial charge in [0.15, 0.2) is 0 Å². The van der Waals surface area contributed by atoms with E-state index < -0.39 is 0 Å². The number of hydrogen-bond donors (Lipinski definition) is 1. The highest BCUT2D eigenvalue weighted by molar-refractivity contribution is 5.78. The van der Waals surface area contributed by atoms with Crippen molar-refractivity contribution in [3.05, 3.63) is 34.9 Å². The summed E-state index contributed by atoms with van der Waals surface area (Å²) < 4.78 is 0. The molecule has 1 fully saturated rings. The van der Waals surface area contributed by atoms with Gasteiger partial charge in [-0.1, -0.05) is 18.2 Å². The lowest BCUT2D eigenvalue weighted by molar-refractivity contribution is -0.132. The first-order valence-electron chi connectivity index (χ1n) is 8.00. The number of rotatable bonds is 4. The normalized spacial score (nSPS) is 18.1. The largest absolute Gasteiger partial charge is 0.339 e. The fourth-order valence-electron chi connectivity index (χ4n) is 3.34. The van der Waals surface area contributed by atoms with Gasteiger partial charge in [0.05, 0.1) is 6.54 Å². The lowest BCUT2D eigenvalue weighted by Crippen LogP contribution is -2.49. The molecule has 1 aromatic rings. The molecule has 3 rings (SSSR count). The zero-order chi connectivity index (χ0) is 14.7. The van der Waals surface area contributed by atoms with Crippen molar-refractivity contribution in [3.8, 4) is 0 Å². The Labute approximate surface area is 127 Å². The second-order valence-corrected chi connectivity index (χ2v) is 6.26. The van der Waals surface area contributed by atoms with Crippen LogP contribution in [0.5, 0.6) is 0 Å². The molecule has 0 unspecified atom stereocenters. The summed E-state index contributed by atoms with van der Waals surface area (Å²) in [6, 6.07) is 6.81. The van der Waals surface area contributed by atoms with Gasteiger partial charge < -0.3 is 10.2 Å². The van der Waals surface area contributed by atoms with E-state index in [0.29, 0.717) is 6.54 Å². The summed E-state index contributed by atoms with van der Waals surface area (Å²) in [5.74, 6) is 0.250. The van der Waals surface area contributed by atoms with Gasteiger partial charge in [0, 0.05) is 32.7 Å². The van der Waals surface area contributed by atoms with Crippen molar-refractivity contribution < 1.29 is 4.79 Å². The monoisotopic (exact) mass is 287 g/mol. The van der Waals surface area contributed by atoms with Crippen molar-refractivity contribution in [1.82, 2.24) is 15.1 Å². The third-order valence-electron chi connectivity index (χ3n) is 4.49. The van der Waals surface area contributed by atoms with Gasteiger partial charge in [0.25, 0.3) is 0 Å². The smallest absolute Gasteiger partial charge is 0.236 e. The zero-order valence-electron chi connectivity index (χ0n) is 12.9. The molecule has 0 atom stereocenters. The Kier molecular flexibility index (Phi) is 4.56. The van der Waals surface area contributed by atoms with Crippen molar-refractivity contribution in [2.24, 2.45) is 0 Å². The van der Waals surface area contributed by atoms with Crippen molar-refractivity contribution in [2.45, 2.75) is 25.8 Å². The summed E-state index contributed by atoms with van der Waals surface area (Å²) in [6.45, 7) is 4.87. The van der Waals surface area contributed by atoms with Crippen LogP contribution in [-0.2, 0) is 24.2 Å². The minimum absolute atomic E-state index is 0.250. The van der Waals surface area contributed by atoms with Crippen LogP contribution in [0.25, 0.3) is 0 Å². The van der Waals surface area contributed by atoms with Crippen molar-refractivity contribution >= 4 is 5.91 Å². The molecule has 2 aliphatic rings. The van der Waals surface area contributed by atoms with Crippen LogP contribution >= 0.6 is 0 Å². The molecule has 1 amide bonds. The Morgan fingerprint density at radius 1 is 1.24 bits per heavy atom. The maximum Gasteiger partial charge on any atom is 0.236 e. The number of piperazine rings is 1. The number of aryl methyl sites for hydroxylation is 2. The molecule has 1 aliphatic carbocycles. The van der Waals surface area contributed by atoms with Crippen molar-refractivity contribution in [3.63, 3.8) is 0 Å². The summed E-state index contributed by atoms with van der Waals surface area (Å²) in [5.41, 5.74) is 4.35. The Hall–Kier alpha value is -1.39. The molecule has 1 aliphatic heterocycles. The number of benzene rings is 1. The highest BCUT2D eigenvalue weighted by atomic mass is 16.2. The van der Waals surface area contributed by atoms with E-state index in [2.05, 4.69) is 28.4 Å². The van der Waals surface area contributed by atoms with Crippen LogP contribution in [0.1, 0.15) is 23.1 Å². The highest BCUT2D eigenvalue weighted by Gasteiger charge is 2.18. The minimum atomic E-state index is 0.250.